The number of rotatable bonds is 5. The van der Waals surface area contributed by atoms with Crippen molar-refractivity contribution in [1.29, 1.82) is 0 Å². The van der Waals surface area contributed by atoms with E-state index in [1.807, 2.05) is 0 Å². The first-order valence-corrected chi connectivity index (χ1v) is 6.79. The fourth-order valence-corrected chi connectivity index (χ4v) is 3.09. The number of thiophene rings is 1. The van der Waals surface area contributed by atoms with E-state index in [2.05, 4.69) is 17.5 Å². The fraction of sp³-hybridized carbons (Fsp3) is 0.615. The van der Waals surface area contributed by atoms with Crippen LogP contribution < -0.4 is 0 Å². The van der Waals surface area contributed by atoms with Crippen LogP contribution in [0.25, 0.3) is 0 Å². The number of ketones is 1. The van der Waals surface area contributed by atoms with Crippen LogP contribution in [0.3, 0.4) is 0 Å². The largest absolute Gasteiger partial charge is 0.299 e. The number of carbonyl (C=O) groups excluding carboxylic acids is 1. The van der Waals surface area contributed by atoms with Crippen LogP contribution in [0.5, 0.6) is 0 Å². The third kappa shape index (κ3) is 3.16. The smallest absolute Gasteiger partial charge is 0.135 e. The third-order valence-electron chi connectivity index (χ3n) is 3.24. The Morgan fingerprint density at radius 2 is 2.20 bits per heavy atom. The molecule has 1 saturated carbocycles. The second-order valence-electron chi connectivity index (χ2n) is 4.38. The Bertz CT molecular complexity index is 296. The second-order valence-corrected chi connectivity index (χ2v) is 5.41. The molecule has 1 nitrogen and oxygen atoms in total. The van der Waals surface area contributed by atoms with E-state index in [4.69, 9.17) is 0 Å². The lowest BCUT2D eigenvalue weighted by molar-refractivity contribution is -0.122. The van der Waals surface area contributed by atoms with Crippen LogP contribution in [-0.2, 0) is 11.2 Å². The number of Topliss-reactive ketones (excluding diaryl/α,β-unsaturated/α-hetero) is 1. The van der Waals surface area contributed by atoms with E-state index >= 15 is 0 Å². The van der Waals surface area contributed by atoms with Gasteiger partial charge in [-0.05, 0) is 37.1 Å². The van der Waals surface area contributed by atoms with E-state index < -0.39 is 0 Å². The number of aryl methyl sites for hydroxylation is 1. The second kappa shape index (κ2) is 5.45. The first-order valence-electron chi connectivity index (χ1n) is 5.91. The van der Waals surface area contributed by atoms with Crippen LogP contribution >= 0.6 is 11.3 Å². The van der Waals surface area contributed by atoms with Gasteiger partial charge in [0.25, 0.3) is 0 Å². The number of hydrogen-bond acceptors (Lipinski definition) is 2. The molecule has 1 aliphatic carbocycles. The predicted octanol–water partition coefficient (Wildman–Crippen LogP) is 3.83. The van der Waals surface area contributed by atoms with E-state index in [1.165, 1.54) is 17.7 Å². The van der Waals surface area contributed by atoms with Gasteiger partial charge in [0.15, 0.2) is 0 Å². The van der Waals surface area contributed by atoms with Gasteiger partial charge in [-0.3, -0.25) is 4.79 Å². The highest BCUT2D eigenvalue weighted by atomic mass is 32.1. The molecule has 0 atom stereocenters. The Kier molecular flexibility index (Phi) is 3.95. The van der Waals surface area contributed by atoms with Gasteiger partial charge in [0.05, 0.1) is 0 Å². The van der Waals surface area contributed by atoms with Crippen molar-refractivity contribution in [1.82, 2.24) is 0 Å². The van der Waals surface area contributed by atoms with E-state index in [1.54, 1.807) is 11.3 Å². The van der Waals surface area contributed by atoms with Gasteiger partial charge >= 0.3 is 0 Å². The minimum Gasteiger partial charge on any atom is -0.299 e. The topological polar surface area (TPSA) is 17.1 Å². The van der Waals surface area contributed by atoms with Gasteiger partial charge in [-0.2, -0.15) is 0 Å². The molecule has 82 valence electrons. The molecule has 0 bridgehead atoms. The first kappa shape index (κ1) is 10.9. The maximum Gasteiger partial charge on any atom is 0.135 e. The molecule has 0 amide bonds. The van der Waals surface area contributed by atoms with Crippen molar-refractivity contribution in [2.24, 2.45) is 5.92 Å². The van der Waals surface area contributed by atoms with Crippen molar-refractivity contribution in [3.8, 4) is 0 Å². The SMILES string of the molecule is O=C(CCCc1cccs1)C1CCCC1. The van der Waals surface area contributed by atoms with Crippen molar-refractivity contribution in [2.45, 2.75) is 44.9 Å². The predicted molar refractivity (Wildman–Crippen MR) is 64.2 cm³/mol. The maximum atomic E-state index is 11.8. The molecule has 0 aliphatic heterocycles. The summed E-state index contributed by atoms with van der Waals surface area (Å²) in [6, 6.07) is 4.24. The molecule has 0 aromatic carbocycles. The molecule has 0 N–H and O–H groups in total. The third-order valence-corrected chi connectivity index (χ3v) is 4.17. The van der Waals surface area contributed by atoms with E-state index in [9.17, 15) is 4.79 Å². The van der Waals surface area contributed by atoms with Crippen LogP contribution in [0.15, 0.2) is 17.5 Å². The summed E-state index contributed by atoms with van der Waals surface area (Å²) in [7, 11) is 0. The quantitative estimate of drug-likeness (QED) is 0.740. The van der Waals surface area contributed by atoms with Gasteiger partial charge in [0, 0.05) is 17.2 Å². The highest BCUT2D eigenvalue weighted by molar-refractivity contribution is 7.09. The van der Waals surface area contributed by atoms with Crippen LogP contribution in [-0.4, -0.2) is 5.78 Å². The summed E-state index contributed by atoms with van der Waals surface area (Å²) in [4.78, 5) is 13.2. The monoisotopic (exact) mass is 222 g/mol. The molecule has 0 unspecified atom stereocenters. The zero-order valence-corrected chi connectivity index (χ0v) is 9.89. The average Bonchev–Trinajstić information content (AvgIpc) is 2.90. The average molecular weight is 222 g/mol. The minimum absolute atomic E-state index is 0.410. The van der Waals surface area contributed by atoms with Crippen molar-refractivity contribution >= 4 is 17.1 Å². The minimum atomic E-state index is 0.410. The number of hydrogen-bond donors (Lipinski definition) is 0. The molecule has 1 aliphatic rings. The fourth-order valence-electron chi connectivity index (χ4n) is 2.34. The molecule has 1 aromatic heterocycles. The summed E-state index contributed by atoms with van der Waals surface area (Å²) in [5.74, 6) is 0.928. The van der Waals surface area contributed by atoms with Crippen LogP contribution in [0.2, 0.25) is 0 Å². The standard InChI is InChI=1S/C13H18OS/c14-13(11-5-1-2-6-11)9-3-7-12-8-4-10-15-12/h4,8,10-11H,1-3,5-7,9H2. The first-order chi connectivity index (χ1) is 7.36. The van der Waals surface area contributed by atoms with Gasteiger partial charge in [-0.1, -0.05) is 18.9 Å². The molecule has 1 aromatic rings. The Labute approximate surface area is 95.5 Å². The van der Waals surface area contributed by atoms with Crippen LogP contribution in [0.1, 0.15) is 43.4 Å². The summed E-state index contributed by atoms with van der Waals surface area (Å²) in [6.07, 6.45) is 7.74. The molecule has 1 fully saturated rings. The molecule has 0 radical (unpaired) electrons. The molecular formula is C13H18OS. The van der Waals surface area contributed by atoms with Gasteiger partial charge in [0.1, 0.15) is 5.78 Å². The Morgan fingerprint density at radius 1 is 1.40 bits per heavy atom. The van der Waals surface area contributed by atoms with Gasteiger partial charge in [-0.15, -0.1) is 11.3 Å². The molecule has 1 heterocycles. The van der Waals surface area contributed by atoms with E-state index in [-0.39, 0.29) is 0 Å². The lowest BCUT2D eigenvalue weighted by atomic mass is 9.98. The van der Waals surface area contributed by atoms with Crippen LogP contribution in [0.4, 0.5) is 0 Å². The summed E-state index contributed by atoms with van der Waals surface area (Å²) in [5, 5.41) is 2.11. The van der Waals surface area contributed by atoms with Crippen molar-refractivity contribution in [3.05, 3.63) is 22.4 Å². The molecular weight excluding hydrogens is 204 g/mol. The molecule has 15 heavy (non-hydrogen) atoms. The summed E-state index contributed by atoms with van der Waals surface area (Å²) in [5.41, 5.74) is 0. The Morgan fingerprint density at radius 3 is 2.87 bits per heavy atom. The van der Waals surface area contributed by atoms with Gasteiger partial charge in [-0.25, -0.2) is 0 Å². The zero-order valence-electron chi connectivity index (χ0n) is 9.08. The molecule has 2 rings (SSSR count). The molecule has 0 saturated heterocycles. The van der Waals surface area contributed by atoms with E-state index in [0.29, 0.717) is 11.7 Å². The molecule has 0 spiro atoms. The summed E-state index contributed by atoms with van der Waals surface area (Å²) in [6.45, 7) is 0. The summed E-state index contributed by atoms with van der Waals surface area (Å²) < 4.78 is 0. The lowest BCUT2D eigenvalue weighted by Gasteiger charge is -2.06. The zero-order chi connectivity index (χ0) is 10.5. The van der Waals surface area contributed by atoms with Crippen molar-refractivity contribution in [3.63, 3.8) is 0 Å². The van der Waals surface area contributed by atoms with Gasteiger partial charge in [0.2, 0.25) is 0 Å². The number of carbonyl (C=O) groups is 1. The highest BCUT2D eigenvalue weighted by Gasteiger charge is 2.21. The molecule has 2 heteroatoms. The normalized spacial score (nSPS) is 17.1. The Balaban J connectivity index is 1.67. The van der Waals surface area contributed by atoms with Crippen LogP contribution in [0, 0.1) is 5.92 Å². The van der Waals surface area contributed by atoms with E-state index in [0.717, 1.165) is 32.1 Å². The maximum absolute atomic E-state index is 11.8. The van der Waals surface area contributed by atoms with Gasteiger partial charge < -0.3 is 0 Å². The highest BCUT2D eigenvalue weighted by Crippen LogP contribution is 2.27. The van der Waals surface area contributed by atoms with Crippen molar-refractivity contribution < 1.29 is 4.79 Å². The summed E-state index contributed by atoms with van der Waals surface area (Å²) >= 11 is 1.80. The Hall–Kier alpha value is -0.630. The van der Waals surface area contributed by atoms with Crippen molar-refractivity contribution in [2.75, 3.05) is 0 Å². The lowest BCUT2D eigenvalue weighted by Crippen LogP contribution is -2.10.